The monoisotopic (exact) mass is 346 g/mol. The number of carbonyl (C=O) groups excluding carboxylic acids is 1. The number of nitrogens with one attached hydrogen (secondary N) is 2. The van der Waals surface area contributed by atoms with Gasteiger partial charge in [0.1, 0.15) is 5.75 Å². The molecule has 0 spiro atoms. The van der Waals surface area contributed by atoms with E-state index in [2.05, 4.69) is 10.6 Å². The van der Waals surface area contributed by atoms with Gasteiger partial charge in [-0.05, 0) is 60.3 Å². The number of benzene rings is 2. The smallest absolute Gasteiger partial charge is 0.250 e. The molecule has 2 N–H and O–H groups in total. The van der Waals surface area contributed by atoms with Gasteiger partial charge in [-0.3, -0.25) is 10.1 Å². The molecule has 0 bridgehead atoms. The van der Waals surface area contributed by atoms with Crippen LogP contribution in [0.2, 0.25) is 5.02 Å². The number of carbonyl (C=O) groups is 1. The Hall–Kier alpha value is -2.37. The van der Waals surface area contributed by atoms with Crippen LogP contribution < -0.4 is 15.4 Å². The van der Waals surface area contributed by atoms with E-state index >= 15 is 0 Å². The normalized spacial score (nSPS) is 10.3. The summed E-state index contributed by atoms with van der Waals surface area (Å²) in [6.07, 6.45) is 3.09. The Morgan fingerprint density at radius 2 is 1.78 bits per heavy atom. The number of amides is 1. The van der Waals surface area contributed by atoms with Gasteiger partial charge in [-0.25, -0.2) is 0 Å². The van der Waals surface area contributed by atoms with Crippen LogP contribution >= 0.6 is 23.8 Å². The number of halogens is 1. The summed E-state index contributed by atoms with van der Waals surface area (Å²) >= 11 is 10.9. The largest absolute Gasteiger partial charge is 0.497 e. The van der Waals surface area contributed by atoms with E-state index in [1.165, 1.54) is 6.08 Å². The number of hydrogen-bond acceptors (Lipinski definition) is 3. The molecule has 6 heteroatoms. The molecule has 0 fully saturated rings. The van der Waals surface area contributed by atoms with Crippen molar-refractivity contribution in [3.63, 3.8) is 0 Å². The quantitative estimate of drug-likeness (QED) is 0.651. The summed E-state index contributed by atoms with van der Waals surface area (Å²) in [6, 6.07) is 14.4. The number of thiocarbonyl (C=S) groups is 1. The zero-order valence-corrected chi connectivity index (χ0v) is 13.9. The van der Waals surface area contributed by atoms with E-state index in [0.717, 1.165) is 17.0 Å². The second kappa shape index (κ2) is 8.31. The van der Waals surface area contributed by atoms with Crippen molar-refractivity contribution in [2.75, 3.05) is 12.4 Å². The molecule has 2 rings (SSSR count). The first-order valence-electron chi connectivity index (χ1n) is 6.76. The molecule has 2 aromatic rings. The Morgan fingerprint density at radius 1 is 1.13 bits per heavy atom. The van der Waals surface area contributed by atoms with E-state index in [9.17, 15) is 4.79 Å². The van der Waals surface area contributed by atoms with Crippen LogP contribution in [-0.2, 0) is 4.79 Å². The molecule has 0 unspecified atom stereocenters. The van der Waals surface area contributed by atoms with Gasteiger partial charge in [0.2, 0.25) is 5.91 Å². The van der Waals surface area contributed by atoms with Gasteiger partial charge in [-0.1, -0.05) is 23.7 Å². The van der Waals surface area contributed by atoms with Crippen molar-refractivity contribution < 1.29 is 9.53 Å². The highest BCUT2D eigenvalue weighted by molar-refractivity contribution is 7.80. The third-order valence-corrected chi connectivity index (χ3v) is 3.34. The van der Waals surface area contributed by atoms with Crippen LogP contribution in [0.4, 0.5) is 5.69 Å². The fraction of sp³-hybridized carbons (Fsp3) is 0.0588. The second-order valence-corrected chi connectivity index (χ2v) is 5.40. The summed E-state index contributed by atoms with van der Waals surface area (Å²) in [5.41, 5.74) is 1.64. The molecule has 2 aromatic carbocycles. The Labute approximate surface area is 145 Å². The van der Waals surface area contributed by atoms with Crippen molar-refractivity contribution in [2.45, 2.75) is 0 Å². The van der Waals surface area contributed by atoms with Gasteiger partial charge in [0.25, 0.3) is 0 Å². The molecule has 118 valence electrons. The van der Waals surface area contributed by atoms with E-state index in [4.69, 9.17) is 28.6 Å². The summed E-state index contributed by atoms with van der Waals surface area (Å²) in [5.74, 6) is 0.433. The predicted octanol–water partition coefficient (Wildman–Crippen LogP) is 3.88. The van der Waals surface area contributed by atoms with Crippen LogP contribution in [-0.4, -0.2) is 18.1 Å². The Bertz CT molecular complexity index is 712. The number of ether oxygens (including phenoxy) is 1. The molecule has 0 aliphatic heterocycles. The Morgan fingerprint density at radius 3 is 2.39 bits per heavy atom. The summed E-state index contributed by atoms with van der Waals surface area (Å²) in [7, 11) is 1.60. The lowest BCUT2D eigenvalue weighted by Crippen LogP contribution is -2.32. The van der Waals surface area contributed by atoms with Gasteiger partial charge in [0, 0.05) is 16.8 Å². The van der Waals surface area contributed by atoms with Gasteiger partial charge >= 0.3 is 0 Å². The van der Waals surface area contributed by atoms with E-state index in [-0.39, 0.29) is 11.0 Å². The first kappa shape index (κ1) is 17.0. The highest BCUT2D eigenvalue weighted by Gasteiger charge is 2.02. The van der Waals surface area contributed by atoms with E-state index in [0.29, 0.717) is 5.02 Å². The molecule has 0 aliphatic rings. The van der Waals surface area contributed by atoms with Crippen LogP contribution in [0.25, 0.3) is 6.08 Å². The second-order valence-electron chi connectivity index (χ2n) is 4.56. The van der Waals surface area contributed by atoms with Crippen molar-refractivity contribution in [1.82, 2.24) is 5.32 Å². The zero-order chi connectivity index (χ0) is 16.7. The number of hydrogen-bond donors (Lipinski definition) is 2. The lowest BCUT2D eigenvalue weighted by molar-refractivity contribution is -0.115. The van der Waals surface area contributed by atoms with Crippen molar-refractivity contribution in [2.24, 2.45) is 0 Å². The molecule has 0 saturated heterocycles. The highest BCUT2D eigenvalue weighted by atomic mass is 35.5. The summed E-state index contributed by atoms with van der Waals surface area (Å²) in [4.78, 5) is 11.8. The topological polar surface area (TPSA) is 50.4 Å². The lowest BCUT2D eigenvalue weighted by Gasteiger charge is -2.08. The molecule has 0 aliphatic carbocycles. The number of methoxy groups -OCH3 is 1. The molecular formula is C17H15ClN2O2S. The average Bonchev–Trinajstić information content (AvgIpc) is 2.55. The molecule has 4 nitrogen and oxygen atoms in total. The van der Waals surface area contributed by atoms with Crippen molar-refractivity contribution in [1.29, 1.82) is 0 Å². The summed E-state index contributed by atoms with van der Waals surface area (Å²) < 4.78 is 5.07. The van der Waals surface area contributed by atoms with Crippen molar-refractivity contribution in [3.8, 4) is 5.75 Å². The van der Waals surface area contributed by atoms with Crippen LogP contribution in [0.3, 0.4) is 0 Å². The van der Waals surface area contributed by atoms with Crippen molar-refractivity contribution in [3.05, 3.63) is 65.2 Å². The van der Waals surface area contributed by atoms with Crippen LogP contribution in [0.1, 0.15) is 5.56 Å². The van der Waals surface area contributed by atoms with Gasteiger partial charge in [0.15, 0.2) is 5.11 Å². The molecule has 0 aromatic heterocycles. The first-order valence-corrected chi connectivity index (χ1v) is 7.55. The van der Waals surface area contributed by atoms with Crippen LogP contribution in [0.15, 0.2) is 54.6 Å². The molecule has 23 heavy (non-hydrogen) atoms. The van der Waals surface area contributed by atoms with E-state index < -0.39 is 0 Å². The fourth-order valence-corrected chi connectivity index (χ4v) is 2.08. The van der Waals surface area contributed by atoms with Gasteiger partial charge in [0.05, 0.1) is 7.11 Å². The van der Waals surface area contributed by atoms with Gasteiger partial charge in [-0.15, -0.1) is 0 Å². The first-order chi connectivity index (χ1) is 11.1. The summed E-state index contributed by atoms with van der Waals surface area (Å²) in [6.45, 7) is 0. The third kappa shape index (κ3) is 5.73. The SMILES string of the molecule is COc1ccc(NC(=S)NC(=O)/C=C/c2ccc(Cl)cc2)cc1. The molecule has 0 atom stereocenters. The van der Waals surface area contributed by atoms with Crippen LogP contribution in [0, 0.1) is 0 Å². The Kier molecular flexibility index (Phi) is 6.14. The summed E-state index contributed by atoms with van der Waals surface area (Å²) in [5, 5.41) is 6.37. The van der Waals surface area contributed by atoms with Crippen molar-refractivity contribution >= 4 is 46.6 Å². The average molecular weight is 347 g/mol. The molecule has 0 saturated carbocycles. The number of rotatable bonds is 4. The number of anilines is 1. The van der Waals surface area contributed by atoms with Crippen LogP contribution in [0.5, 0.6) is 5.75 Å². The molecular weight excluding hydrogens is 332 g/mol. The molecule has 1 amide bonds. The maximum absolute atomic E-state index is 11.8. The minimum absolute atomic E-state index is 0.223. The maximum Gasteiger partial charge on any atom is 0.250 e. The Balaban J connectivity index is 1.86. The lowest BCUT2D eigenvalue weighted by atomic mass is 10.2. The fourth-order valence-electron chi connectivity index (χ4n) is 1.74. The maximum atomic E-state index is 11.8. The van der Waals surface area contributed by atoms with Gasteiger partial charge < -0.3 is 10.1 Å². The third-order valence-electron chi connectivity index (χ3n) is 2.88. The standard InChI is InChI=1S/C17H15ClN2O2S/c1-22-15-9-7-14(8-10-15)19-17(23)20-16(21)11-4-12-2-5-13(18)6-3-12/h2-11H,1H3,(H2,19,20,21,23)/b11-4+. The highest BCUT2D eigenvalue weighted by Crippen LogP contribution is 2.14. The molecule has 0 radical (unpaired) electrons. The molecule has 0 heterocycles. The predicted molar refractivity (Wildman–Crippen MR) is 97.8 cm³/mol. The minimum atomic E-state index is -0.314. The van der Waals surface area contributed by atoms with E-state index in [1.54, 1.807) is 49.6 Å². The van der Waals surface area contributed by atoms with E-state index in [1.807, 2.05) is 12.1 Å². The zero-order valence-electron chi connectivity index (χ0n) is 12.4. The van der Waals surface area contributed by atoms with Gasteiger partial charge in [-0.2, -0.15) is 0 Å². The minimum Gasteiger partial charge on any atom is -0.497 e.